The Balaban J connectivity index is 1.21. The zero-order valence-corrected chi connectivity index (χ0v) is 18.1. The van der Waals surface area contributed by atoms with Crippen molar-refractivity contribution in [1.82, 2.24) is 15.1 Å². The number of nitrogens with one attached hydrogen (secondary N) is 1. The number of benzene rings is 2. The van der Waals surface area contributed by atoms with Crippen LogP contribution in [0.4, 0.5) is 0 Å². The van der Waals surface area contributed by atoms with Crippen LogP contribution >= 0.6 is 0 Å². The monoisotopic (exact) mass is 452 g/mol. The molecule has 2 aromatic carbocycles. The van der Waals surface area contributed by atoms with Gasteiger partial charge in [-0.2, -0.15) is 0 Å². The molecule has 8 nitrogen and oxygen atoms in total. The van der Waals surface area contributed by atoms with Crippen LogP contribution in [0.1, 0.15) is 44.0 Å². The molecule has 8 heteroatoms. The van der Waals surface area contributed by atoms with E-state index in [0.717, 1.165) is 16.7 Å². The summed E-state index contributed by atoms with van der Waals surface area (Å²) >= 11 is 0. The molecule has 2 atom stereocenters. The number of fused-ring (bicyclic) bond motifs is 1. The summed E-state index contributed by atoms with van der Waals surface area (Å²) in [4.78, 5) is 40.1. The van der Waals surface area contributed by atoms with Crippen LogP contribution in [0.25, 0.3) is 0 Å². The third-order valence-electron chi connectivity index (χ3n) is 6.15. The highest BCUT2D eigenvalue weighted by molar-refractivity contribution is 6.05. The van der Waals surface area contributed by atoms with Crippen LogP contribution in [0.15, 0.2) is 42.5 Å². The van der Waals surface area contributed by atoms with Gasteiger partial charge in [0, 0.05) is 37.2 Å². The van der Waals surface area contributed by atoms with Crippen LogP contribution in [0.5, 0.6) is 5.75 Å². The smallest absolute Gasteiger partial charge is 0.255 e. The molecule has 5 rings (SSSR count). The van der Waals surface area contributed by atoms with E-state index in [1.165, 1.54) is 4.90 Å². The van der Waals surface area contributed by atoms with Crippen molar-refractivity contribution in [2.45, 2.75) is 38.6 Å². The fraction of sp³-hybridized carbons (Fsp3) is 0.400. The summed E-state index contributed by atoms with van der Waals surface area (Å²) < 4.78 is 34.4. The number of hydrogen-bond donors (Lipinski definition) is 1. The molecule has 0 radical (unpaired) electrons. The Hall–Kier alpha value is -3.23. The minimum atomic E-state index is -1.83. The molecule has 2 saturated heterocycles. The predicted octanol–water partition coefficient (Wildman–Crippen LogP) is 1.86. The summed E-state index contributed by atoms with van der Waals surface area (Å²) in [5, 5.41) is 2.31. The van der Waals surface area contributed by atoms with Crippen LogP contribution in [-0.2, 0) is 34.0 Å². The molecule has 0 saturated carbocycles. The Morgan fingerprint density at radius 3 is 2.70 bits per heavy atom. The lowest BCUT2D eigenvalue weighted by Crippen LogP contribution is -2.52. The first-order valence-electron chi connectivity index (χ1n) is 12.6. The molecule has 0 spiro atoms. The van der Waals surface area contributed by atoms with Gasteiger partial charge in [-0.05, 0) is 29.7 Å². The number of carbonyl (C=O) groups excluding carboxylic acids is 3. The zero-order chi connectivity index (χ0) is 25.4. The van der Waals surface area contributed by atoms with E-state index in [1.54, 1.807) is 18.2 Å². The van der Waals surface area contributed by atoms with Crippen molar-refractivity contribution in [3.8, 4) is 5.75 Å². The van der Waals surface area contributed by atoms with Gasteiger partial charge in [0.15, 0.2) is 0 Å². The fourth-order valence-electron chi connectivity index (χ4n) is 4.37. The minimum Gasteiger partial charge on any atom is -0.489 e. The first-order valence-corrected chi connectivity index (χ1v) is 11.0. The van der Waals surface area contributed by atoms with E-state index in [1.807, 2.05) is 29.2 Å². The van der Waals surface area contributed by atoms with Gasteiger partial charge in [0.05, 0.1) is 23.8 Å². The van der Waals surface area contributed by atoms with Gasteiger partial charge < -0.3 is 14.4 Å². The second-order valence-corrected chi connectivity index (χ2v) is 8.39. The van der Waals surface area contributed by atoms with Crippen molar-refractivity contribution < 1.29 is 28.0 Å². The average Bonchev–Trinajstić information content (AvgIpc) is 3.14. The lowest BCUT2D eigenvalue weighted by Gasteiger charge is -2.29. The van der Waals surface area contributed by atoms with E-state index >= 15 is 0 Å². The van der Waals surface area contributed by atoms with E-state index in [9.17, 15) is 14.4 Å². The van der Waals surface area contributed by atoms with Crippen LogP contribution in [-0.4, -0.2) is 59.8 Å². The number of amides is 3. The number of morpholine rings is 1. The Morgan fingerprint density at radius 2 is 1.91 bits per heavy atom. The molecule has 172 valence electrons. The zero-order valence-electron chi connectivity index (χ0n) is 21.1. The van der Waals surface area contributed by atoms with Gasteiger partial charge in [0.2, 0.25) is 11.8 Å². The first kappa shape index (κ1) is 18.2. The Labute approximate surface area is 196 Å². The Kier molecular flexibility index (Phi) is 5.15. The van der Waals surface area contributed by atoms with Gasteiger partial charge >= 0.3 is 0 Å². The summed E-state index contributed by atoms with van der Waals surface area (Å²) in [5.74, 6) is -0.420. The molecular formula is C25H27N3O5. The van der Waals surface area contributed by atoms with Crippen molar-refractivity contribution in [2.75, 3.05) is 26.2 Å². The maximum atomic E-state index is 13.0. The third-order valence-corrected chi connectivity index (χ3v) is 6.15. The molecule has 0 aliphatic carbocycles. The molecule has 3 heterocycles. The minimum absolute atomic E-state index is 0.112. The van der Waals surface area contributed by atoms with Crippen LogP contribution in [0.2, 0.25) is 0 Å². The van der Waals surface area contributed by atoms with E-state index < -0.39 is 25.1 Å². The lowest BCUT2D eigenvalue weighted by atomic mass is 10.0. The number of carbonyl (C=O) groups is 3. The van der Waals surface area contributed by atoms with E-state index in [-0.39, 0.29) is 37.9 Å². The molecule has 3 amide bonds. The summed E-state index contributed by atoms with van der Waals surface area (Å²) in [7, 11) is 0. The highest BCUT2D eigenvalue weighted by atomic mass is 16.5. The highest BCUT2D eigenvalue weighted by Gasteiger charge is 2.40. The third kappa shape index (κ3) is 4.62. The van der Waals surface area contributed by atoms with Gasteiger partial charge in [-0.1, -0.05) is 30.3 Å². The molecule has 3 aliphatic rings. The quantitative estimate of drug-likeness (QED) is 0.674. The number of imide groups is 1. The van der Waals surface area contributed by atoms with Crippen LogP contribution in [0.3, 0.4) is 0 Å². The summed E-state index contributed by atoms with van der Waals surface area (Å²) in [5.41, 5.74) is 3.16. The molecule has 2 fully saturated rings. The SMILES string of the molecule is [2H]C1CN(Cc2ccc(COc3cccc4c3CN(C3CCC(=O)NC3=O)C4=O)cc2)CC([2H])([2H])O1. The van der Waals surface area contributed by atoms with E-state index in [4.69, 9.17) is 13.6 Å². The van der Waals surface area contributed by atoms with Gasteiger partial charge in [-0.25, -0.2) is 0 Å². The van der Waals surface area contributed by atoms with Crippen LogP contribution in [0, 0.1) is 0 Å². The highest BCUT2D eigenvalue weighted by Crippen LogP contribution is 2.34. The second-order valence-electron chi connectivity index (χ2n) is 8.39. The molecule has 33 heavy (non-hydrogen) atoms. The molecule has 3 aliphatic heterocycles. The first-order chi connectivity index (χ1) is 17.2. The standard InChI is InChI=1S/C25H27N3O5/c29-23-9-8-21(24(30)26-23)28-15-20-19(25(28)31)2-1-3-22(20)33-16-18-6-4-17(5-7-18)14-27-10-12-32-13-11-27/h1-7,21H,8-16H2,(H,26,29,30)/i12D,13D2. The number of rotatable bonds is 6. The maximum absolute atomic E-state index is 13.0. The molecule has 0 aromatic heterocycles. The summed E-state index contributed by atoms with van der Waals surface area (Å²) in [6.45, 7) is -1.23. The average molecular weight is 453 g/mol. The summed E-state index contributed by atoms with van der Waals surface area (Å²) in [6, 6.07) is 12.4. The van der Waals surface area contributed by atoms with Crippen LogP contribution < -0.4 is 10.1 Å². The van der Waals surface area contributed by atoms with Gasteiger partial charge in [0.25, 0.3) is 5.91 Å². The molecule has 2 unspecified atom stereocenters. The number of nitrogens with zero attached hydrogens (tertiary/aromatic N) is 2. The Morgan fingerprint density at radius 1 is 1.09 bits per heavy atom. The van der Waals surface area contributed by atoms with Crippen molar-refractivity contribution in [3.05, 3.63) is 64.7 Å². The second kappa shape index (κ2) is 9.33. The summed E-state index contributed by atoms with van der Waals surface area (Å²) in [6.07, 6.45) is 0.516. The van der Waals surface area contributed by atoms with Gasteiger partial charge in [-0.15, -0.1) is 0 Å². The number of piperidine rings is 1. The Bertz CT molecular complexity index is 1190. The van der Waals surface area contributed by atoms with Crippen molar-refractivity contribution in [1.29, 1.82) is 0 Å². The van der Waals surface area contributed by atoms with Crippen molar-refractivity contribution in [3.63, 3.8) is 0 Å². The number of hydrogen-bond acceptors (Lipinski definition) is 6. The van der Waals surface area contributed by atoms with E-state index in [0.29, 0.717) is 30.8 Å². The number of ether oxygens (including phenoxy) is 2. The molecular weight excluding hydrogens is 422 g/mol. The molecule has 1 N–H and O–H groups in total. The lowest BCUT2D eigenvalue weighted by molar-refractivity contribution is -0.136. The van der Waals surface area contributed by atoms with Crippen molar-refractivity contribution >= 4 is 17.7 Å². The normalized spacial score (nSPS) is 26.2. The fourth-order valence-corrected chi connectivity index (χ4v) is 4.37. The maximum Gasteiger partial charge on any atom is 0.255 e. The largest absolute Gasteiger partial charge is 0.489 e. The molecule has 0 bridgehead atoms. The van der Waals surface area contributed by atoms with Gasteiger partial charge in [-0.3, -0.25) is 24.6 Å². The van der Waals surface area contributed by atoms with Crippen molar-refractivity contribution in [2.24, 2.45) is 0 Å². The molecule has 2 aromatic rings. The topological polar surface area (TPSA) is 88.2 Å². The van der Waals surface area contributed by atoms with Gasteiger partial charge in [0.1, 0.15) is 18.4 Å². The van der Waals surface area contributed by atoms with E-state index in [2.05, 4.69) is 5.32 Å². The predicted molar refractivity (Wildman–Crippen MR) is 119 cm³/mol.